The molecule has 1 unspecified atom stereocenters. The number of piperidine rings is 1. The van der Waals surface area contributed by atoms with E-state index in [1.54, 1.807) is 17.0 Å². The van der Waals surface area contributed by atoms with Gasteiger partial charge in [0.2, 0.25) is 15.9 Å². The lowest BCUT2D eigenvalue weighted by Crippen LogP contribution is -2.45. The number of amides is 1. The topological polar surface area (TPSA) is 81.5 Å². The summed E-state index contributed by atoms with van der Waals surface area (Å²) < 4.78 is 40.8. The fourth-order valence-corrected chi connectivity index (χ4v) is 5.54. The Morgan fingerprint density at radius 1 is 1.19 bits per heavy atom. The number of nitrogens with zero attached hydrogens (tertiary/aromatic N) is 3. The molecule has 1 aliphatic heterocycles. The Morgan fingerprint density at radius 3 is 2.35 bits per heavy atom. The Kier molecular flexibility index (Phi) is 7.08. The van der Waals surface area contributed by atoms with Gasteiger partial charge < -0.3 is 4.90 Å². The van der Waals surface area contributed by atoms with E-state index >= 15 is 0 Å². The minimum Gasteiger partial charge on any atom is -0.336 e. The van der Waals surface area contributed by atoms with Crippen LogP contribution >= 0.6 is 0 Å². The van der Waals surface area contributed by atoms with Gasteiger partial charge in [0, 0.05) is 25.6 Å². The van der Waals surface area contributed by atoms with Crippen molar-refractivity contribution in [3.63, 3.8) is 0 Å². The maximum Gasteiger partial charge on any atom is 0.245 e. The van der Waals surface area contributed by atoms with E-state index in [9.17, 15) is 17.6 Å². The first-order chi connectivity index (χ1) is 14.8. The van der Waals surface area contributed by atoms with E-state index in [4.69, 9.17) is 5.26 Å². The quantitative estimate of drug-likeness (QED) is 0.682. The molecule has 8 heteroatoms. The van der Waals surface area contributed by atoms with E-state index in [0.717, 1.165) is 11.6 Å². The van der Waals surface area contributed by atoms with E-state index < -0.39 is 15.8 Å². The number of sulfonamides is 1. The van der Waals surface area contributed by atoms with Crippen molar-refractivity contribution in [3.05, 3.63) is 65.5 Å². The van der Waals surface area contributed by atoms with Gasteiger partial charge in [-0.15, -0.1) is 0 Å². The van der Waals surface area contributed by atoms with Crippen LogP contribution in [-0.2, 0) is 14.8 Å². The minimum atomic E-state index is -3.93. The van der Waals surface area contributed by atoms with E-state index in [0.29, 0.717) is 24.9 Å². The summed E-state index contributed by atoms with van der Waals surface area (Å²) in [6.07, 6.45) is 0.784. The zero-order chi connectivity index (χ0) is 22.6. The Balaban J connectivity index is 1.68. The van der Waals surface area contributed by atoms with Gasteiger partial charge in [-0.25, -0.2) is 12.8 Å². The SMILES string of the molecule is CCN(C(=O)C1CCN(S(=O)(=O)c2ccccc2F)CC1)C(C)c1ccc(C#N)cc1. The molecule has 0 N–H and O–H groups in total. The van der Waals surface area contributed by atoms with Crippen molar-refractivity contribution in [1.29, 1.82) is 5.26 Å². The summed E-state index contributed by atoms with van der Waals surface area (Å²) in [5, 5.41) is 8.97. The van der Waals surface area contributed by atoms with E-state index in [1.165, 1.54) is 22.5 Å². The molecule has 1 saturated heterocycles. The molecule has 6 nitrogen and oxygen atoms in total. The van der Waals surface area contributed by atoms with Gasteiger partial charge in [-0.1, -0.05) is 24.3 Å². The van der Waals surface area contributed by atoms with Crippen LogP contribution in [0.1, 0.15) is 43.9 Å². The van der Waals surface area contributed by atoms with Crippen LogP contribution in [0.3, 0.4) is 0 Å². The minimum absolute atomic E-state index is 0.0118. The van der Waals surface area contributed by atoms with Crippen LogP contribution in [0.15, 0.2) is 53.4 Å². The number of benzene rings is 2. The zero-order valence-corrected chi connectivity index (χ0v) is 18.5. The first kappa shape index (κ1) is 22.9. The smallest absolute Gasteiger partial charge is 0.245 e. The number of carbonyl (C=O) groups is 1. The van der Waals surface area contributed by atoms with Crippen LogP contribution in [0.5, 0.6) is 0 Å². The van der Waals surface area contributed by atoms with Gasteiger partial charge in [0.25, 0.3) is 0 Å². The summed E-state index contributed by atoms with van der Waals surface area (Å²) in [7, 11) is -3.93. The predicted molar refractivity (Wildman–Crippen MR) is 115 cm³/mol. The second-order valence-electron chi connectivity index (χ2n) is 7.64. The lowest BCUT2D eigenvalue weighted by molar-refractivity contribution is -0.138. The van der Waals surface area contributed by atoms with Gasteiger partial charge >= 0.3 is 0 Å². The van der Waals surface area contributed by atoms with Crippen molar-refractivity contribution in [2.24, 2.45) is 5.92 Å². The molecule has 0 saturated carbocycles. The number of carbonyl (C=O) groups excluding carboxylic acids is 1. The monoisotopic (exact) mass is 443 g/mol. The third kappa shape index (κ3) is 4.78. The van der Waals surface area contributed by atoms with Crippen molar-refractivity contribution >= 4 is 15.9 Å². The van der Waals surface area contributed by atoms with Crippen molar-refractivity contribution in [3.8, 4) is 6.07 Å². The van der Waals surface area contributed by atoms with Gasteiger partial charge in [-0.05, 0) is 56.5 Å². The number of halogens is 1. The van der Waals surface area contributed by atoms with Gasteiger partial charge in [-0.2, -0.15) is 9.57 Å². The Hall–Kier alpha value is -2.76. The van der Waals surface area contributed by atoms with Crippen LogP contribution < -0.4 is 0 Å². The Labute approximate surface area is 182 Å². The summed E-state index contributed by atoms with van der Waals surface area (Å²) in [5.74, 6) is -1.07. The largest absolute Gasteiger partial charge is 0.336 e. The molecule has 0 radical (unpaired) electrons. The highest BCUT2D eigenvalue weighted by Crippen LogP contribution is 2.29. The lowest BCUT2D eigenvalue weighted by Gasteiger charge is -2.36. The average Bonchev–Trinajstić information content (AvgIpc) is 2.79. The highest BCUT2D eigenvalue weighted by Gasteiger charge is 2.35. The first-order valence-corrected chi connectivity index (χ1v) is 11.8. The fraction of sp³-hybridized carbons (Fsp3) is 0.391. The lowest BCUT2D eigenvalue weighted by atomic mass is 9.95. The maximum absolute atomic E-state index is 14.0. The molecule has 2 aromatic carbocycles. The maximum atomic E-state index is 14.0. The highest BCUT2D eigenvalue weighted by molar-refractivity contribution is 7.89. The number of nitriles is 1. The molecular weight excluding hydrogens is 417 g/mol. The van der Waals surface area contributed by atoms with Crippen molar-refractivity contribution in [2.75, 3.05) is 19.6 Å². The molecular formula is C23H26FN3O3S. The average molecular weight is 444 g/mol. The van der Waals surface area contributed by atoms with E-state index in [-0.39, 0.29) is 35.9 Å². The summed E-state index contributed by atoms with van der Waals surface area (Å²) in [5.41, 5.74) is 1.50. The Morgan fingerprint density at radius 2 is 1.81 bits per heavy atom. The van der Waals surface area contributed by atoms with Gasteiger partial charge in [0.05, 0.1) is 17.7 Å². The molecule has 0 spiro atoms. The molecule has 1 amide bonds. The third-order valence-corrected chi connectivity index (χ3v) is 7.80. The molecule has 0 aliphatic carbocycles. The van der Waals surface area contributed by atoms with Gasteiger partial charge in [0.15, 0.2) is 0 Å². The molecule has 2 aromatic rings. The second-order valence-corrected chi connectivity index (χ2v) is 9.55. The molecule has 0 aromatic heterocycles. The normalized spacial score (nSPS) is 16.5. The van der Waals surface area contributed by atoms with Gasteiger partial charge in [-0.3, -0.25) is 4.79 Å². The first-order valence-electron chi connectivity index (χ1n) is 10.3. The molecule has 3 rings (SSSR count). The molecule has 1 fully saturated rings. The summed E-state index contributed by atoms with van der Waals surface area (Å²) >= 11 is 0. The predicted octanol–water partition coefficient (Wildman–Crippen LogP) is 3.71. The van der Waals surface area contributed by atoms with Crippen molar-refractivity contribution in [2.45, 2.75) is 37.6 Å². The third-order valence-electron chi connectivity index (χ3n) is 5.87. The summed E-state index contributed by atoms with van der Waals surface area (Å²) in [6, 6.07) is 14.4. The van der Waals surface area contributed by atoms with E-state index in [1.807, 2.05) is 26.0 Å². The van der Waals surface area contributed by atoms with Gasteiger partial charge in [0.1, 0.15) is 10.7 Å². The molecule has 31 heavy (non-hydrogen) atoms. The molecule has 1 aliphatic rings. The highest BCUT2D eigenvalue weighted by atomic mass is 32.2. The van der Waals surface area contributed by atoms with Crippen molar-refractivity contribution in [1.82, 2.24) is 9.21 Å². The van der Waals surface area contributed by atoms with Crippen molar-refractivity contribution < 1.29 is 17.6 Å². The zero-order valence-electron chi connectivity index (χ0n) is 17.7. The number of hydrogen-bond donors (Lipinski definition) is 0. The molecule has 1 heterocycles. The van der Waals surface area contributed by atoms with E-state index in [2.05, 4.69) is 6.07 Å². The molecule has 164 valence electrons. The van der Waals surface area contributed by atoms with Crippen LogP contribution in [0.2, 0.25) is 0 Å². The molecule has 0 bridgehead atoms. The summed E-state index contributed by atoms with van der Waals surface area (Å²) in [4.78, 5) is 14.6. The van der Waals surface area contributed by atoms with Crippen LogP contribution in [0, 0.1) is 23.1 Å². The summed E-state index contributed by atoms with van der Waals surface area (Å²) in [6.45, 7) is 4.73. The number of hydrogen-bond acceptors (Lipinski definition) is 4. The second kappa shape index (κ2) is 9.58. The van der Waals surface area contributed by atoms with Crippen LogP contribution in [-0.4, -0.2) is 43.2 Å². The van der Waals surface area contributed by atoms with Crippen LogP contribution in [0.4, 0.5) is 4.39 Å². The standard InChI is InChI=1S/C23H26FN3O3S/c1-3-27(17(2)19-10-8-18(16-25)9-11-19)23(28)20-12-14-26(15-13-20)31(29,30)22-7-5-4-6-21(22)24/h4-11,17,20H,3,12-15H2,1-2H3. The van der Waals surface area contributed by atoms with Crippen LogP contribution in [0.25, 0.3) is 0 Å². The fourth-order valence-electron chi connectivity index (χ4n) is 4.01. The Bertz CT molecular complexity index is 1070. The number of rotatable bonds is 6. The molecule has 1 atom stereocenters.